The number of thiazole rings is 1. The molecule has 3 aromatic rings. The van der Waals surface area contributed by atoms with Crippen LogP contribution in [-0.2, 0) is 25.0 Å². The summed E-state index contributed by atoms with van der Waals surface area (Å²) in [6.45, 7) is 5.18. The minimum atomic E-state index is -0.577. The van der Waals surface area contributed by atoms with E-state index in [-0.39, 0.29) is 12.0 Å². The van der Waals surface area contributed by atoms with E-state index in [1.54, 1.807) is 4.57 Å². The third-order valence-electron chi connectivity index (χ3n) is 6.18. The van der Waals surface area contributed by atoms with Crippen LogP contribution in [-0.4, -0.2) is 37.3 Å². The van der Waals surface area contributed by atoms with E-state index in [0.29, 0.717) is 6.54 Å². The highest BCUT2D eigenvalue weighted by molar-refractivity contribution is 7.09. The first-order valence-electron chi connectivity index (χ1n) is 10.0. The van der Waals surface area contributed by atoms with Crippen molar-refractivity contribution in [3.8, 4) is 0 Å². The molecule has 2 aromatic heterocycles. The molecular formula is C21H22ClN5O2S. The van der Waals surface area contributed by atoms with Gasteiger partial charge in [0.25, 0.3) is 0 Å². The van der Waals surface area contributed by atoms with Crippen LogP contribution in [0.25, 0.3) is 0 Å². The highest BCUT2D eigenvalue weighted by Crippen LogP contribution is 2.41. The van der Waals surface area contributed by atoms with Crippen molar-refractivity contribution in [2.45, 2.75) is 44.8 Å². The second-order valence-electron chi connectivity index (χ2n) is 8.18. The Morgan fingerprint density at radius 1 is 1.13 bits per heavy atom. The van der Waals surface area contributed by atoms with Gasteiger partial charge in [0, 0.05) is 35.5 Å². The summed E-state index contributed by atoms with van der Waals surface area (Å²) < 4.78 is 2.89. The number of benzene rings is 1. The van der Waals surface area contributed by atoms with Gasteiger partial charge in [-0.2, -0.15) is 5.10 Å². The van der Waals surface area contributed by atoms with E-state index in [9.17, 15) is 9.59 Å². The number of aromatic nitrogens is 4. The molecule has 2 aliphatic heterocycles. The van der Waals surface area contributed by atoms with Gasteiger partial charge in [0.2, 0.25) is 0 Å². The number of aryl methyl sites for hydroxylation is 1. The minimum Gasteiger partial charge on any atom is -0.298 e. The molecule has 1 fully saturated rings. The lowest BCUT2D eigenvalue weighted by Gasteiger charge is -2.24. The molecule has 2 aliphatic rings. The van der Waals surface area contributed by atoms with Crippen molar-refractivity contribution in [2.24, 2.45) is 0 Å². The molecule has 1 aromatic carbocycles. The molecule has 0 unspecified atom stereocenters. The van der Waals surface area contributed by atoms with Crippen LogP contribution < -0.4 is 11.1 Å². The number of halogens is 1. The molecule has 156 valence electrons. The summed E-state index contributed by atoms with van der Waals surface area (Å²) in [6.07, 6.45) is 1.74. The summed E-state index contributed by atoms with van der Waals surface area (Å²) >= 11 is 7.87. The van der Waals surface area contributed by atoms with Crippen molar-refractivity contribution in [3.05, 3.63) is 77.5 Å². The van der Waals surface area contributed by atoms with E-state index in [1.807, 2.05) is 36.6 Å². The predicted octanol–water partition coefficient (Wildman–Crippen LogP) is 2.42. The number of rotatable bonds is 4. The molecule has 9 heteroatoms. The molecule has 1 saturated heterocycles. The Balaban J connectivity index is 1.45. The Hall–Kier alpha value is -2.29. The van der Waals surface area contributed by atoms with Crippen molar-refractivity contribution in [3.63, 3.8) is 0 Å². The normalized spacial score (nSPS) is 20.9. The van der Waals surface area contributed by atoms with Crippen LogP contribution in [0, 0.1) is 6.92 Å². The molecule has 0 N–H and O–H groups in total. The van der Waals surface area contributed by atoms with Crippen LogP contribution in [0.4, 0.5) is 0 Å². The molecule has 0 bridgehead atoms. The van der Waals surface area contributed by atoms with E-state index < -0.39 is 11.1 Å². The number of fused-ring (bicyclic) bond motifs is 2. The van der Waals surface area contributed by atoms with Crippen LogP contribution in [0.15, 0.2) is 39.2 Å². The number of hydrogen-bond acceptors (Lipinski definition) is 6. The van der Waals surface area contributed by atoms with Crippen molar-refractivity contribution in [1.29, 1.82) is 0 Å². The maximum Gasteiger partial charge on any atom is 0.332 e. The van der Waals surface area contributed by atoms with Crippen molar-refractivity contribution < 1.29 is 0 Å². The molecule has 1 atom stereocenters. The molecule has 5 rings (SSSR count). The highest BCUT2D eigenvalue weighted by Gasteiger charge is 2.47. The van der Waals surface area contributed by atoms with Gasteiger partial charge in [0.1, 0.15) is 5.82 Å². The van der Waals surface area contributed by atoms with Crippen LogP contribution >= 0.6 is 22.9 Å². The zero-order valence-electron chi connectivity index (χ0n) is 16.7. The smallest absolute Gasteiger partial charge is 0.298 e. The lowest BCUT2D eigenvalue weighted by molar-refractivity contribution is 0.298. The van der Waals surface area contributed by atoms with Crippen molar-refractivity contribution >= 4 is 22.9 Å². The summed E-state index contributed by atoms with van der Waals surface area (Å²) in [5, 5.41) is 8.30. The van der Waals surface area contributed by atoms with Gasteiger partial charge in [-0.1, -0.05) is 29.8 Å². The van der Waals surface area contributed by atoms with E-state index in [2.05, 4.69) is 9.88 Å². The maximum atomic E-state index is 12.8. The number of hydrogen-bond donors (Lipinski definition) is 0. The van der Waals surface area contributed by atoms with Gasteiger partial charge in [-0.25, -0.2) is 9.67 Å². The Bertz CT molecular complexity index is 1230. The first-order chi connectivity index (χ1) is 14.4. The molecule has 0 saturated carbocycles. The van der Waals surface area contributed by atoms with Gasteiger partial charge in [0.05, 0.1) is 17.2 Å². The zero-order chi connectivity index (χ0) is 20.9. The Labute approximate surface area is 182 Å². The van der Waals surface area contributed by atoms with Crippen LogP contribution in [0.2, 0.25) is 5.02 Å². The summed E-state index contributed by atoms with van der Waals surface area (Å²) in [7, 11) is 0. The SMILES string of the molecule is Cc1nc(Cn2nc3n(c(=O)c2=O)CC[C@]32CCN(Cc3ccccc3Cl)C2)cs1. The van der Waals surface area contributed by atoms with E-state index in [4.69, 9.17) is 16.7 Å². The standard InChI is InChI=1S/C21H22ClN5O2S/c1-14-23-16(12-30-14)11-27-19(29)18(28)26-9-7-21(20(26)24-27)6-8-25(13-21)10-15-4-2-3-5-17(15)22/h2-5,12H,6-11,13H2,1H3/t21-/m0/s1. The second kappa shape index (κ2) is 7.44. The van der Waals surface area contributed by atoms with Gasteiger partial charge in [-0.05, 0) is 37.9 Å². The minimum absolute atomic E-state index is 0.201. The zero-order valence-corrected chi connectivity index (χ0v) is 18.2. The molecule has 30 heavy (non-hydrogen) atoms. The van der Waals surface area contributed by atoms with Gasteiger partial charge in [0.15, 0.2) is 0 Å². The first-order valence-corrected chi connectivity index (χ1v) is 11.3. The number of likely N-dealkylation sites (tertiary alicyclic amines) is 1. The van der Waals surface area contributed by atoms with E-state index in [1.165, 1.54) is 16.0 Å². The van der Waals surface area contributed by atoms with E-state index >= 15 is 0 Å². The lowest BCUT2D eigenvalue weighted by atomic mass is 9.85. The fraction of sp³-hybridized carbons (Fsp3) is 0.429. The number of nitrogens with zero attached hydrogens (tertiary/aromatic N) is 5. The van der Waals surface area contributed by atoms with Crippen LogP contribution in [0.3, 0.4) is 0 Å². The summed E-state index contributed by atoms with van der Waals surface area (Å²) in [4.78, 5) is 32.2. The molecule has 7 nitrogen and oxygen atoms in total. The maximum absolute atomic E-state index is 12.8. The summed E-state index contributed by atoms with van der Waals surface area (Å²) in [5.74, 6) is 0.737. The molecular weight excluding hydrogens is 422 g/mol. The van der Waals surface area contributed by atoms with Crippen molar-refractivity contribution in [1.82, 2.24) is 24.2 Å². The Kier molecular flexibility index (Phi) is 4.88. The van der Waals surface area contributed by atoms with Crippen LogP contribution in [0.5, 0.6) is 0 Å². The summed E-state index contributed by atoms with van der Waals surface area (Å²) in [5.41, 5.74) is 0.605. The van der Waals surface area contributed by atoms with Gasteiger partial charge in [-0.3, -0.25) is 19.1 Å². The highest BCUT2D eigenvalue weighted by atomic mass is 35.5. The fourth-order valence-corrected chi connectivity index (χ4v) is 5.46. The van der Waals surface area contributed by atoms with Crippen LogP contribution in [0.1, 0.15) is 34.9 Å². The quantitative estimate of drug-likeness (QED) is 0.579. The monoisotopic (exact) mass is 443 g/mol. The predicted molar refractivity (Wildman–Crippen MR) is 116 cm³/mol. The summed E-state index contributed by atoms with van der Waals surface area (Å²) in [6, 6.07) is 7.89. The van der Waals surface area contributed by atoms with Gasteiger partial charge in [-0.15, -0.1) is 11.3 Å². The average Bonchev–Trinajstić information content (AvgIpc) is 3.42. The molecule has 4 heterocycles. The Morgan fingerprint density at radius 2 is 1.93 bits per heavy atom. The van der Waals surface area contributed by atoms with Gasteiger partial charge < -0.3 is 0 Å². The first kappa shape index (κ1) is 19.7. The second-order valence-corrected chi connectivity index (χ2v) is 9.65. The topological polar surface area (TPSA) is 73.0 Å². The molecule has 0 radical (unpaired) electrons. The largest absolute Gasteiger partial charge is 0.332 e. The molecule has 1 spiro atoms. The fourth-order valence-electron chi connectivity index (χ4n) is 4.66. The lowest BCUT2D eigenvalue weighted by Crippen LogP contribution is -2.45. The van der Waals surface area contributed by atoms with Gasteiger partial charge >= 0.3 is 11.1 Å². The third kappa shape index (κ3) is 3.33. The van der Waals surface area contributed by atoms with Crippen molar-refractivity contribution in [2.75, 3.05) is 13.1 Å². The Morgan fingerprint density at radius 3 is 2.70 bits per heavy atom. The van der Waals surface area contributed by atoms with E-state index in [0.717, 1.165) is 59.6 Å². The third-order valence-corrected chi connectivity index (χ3v) is 7.38. The molecule has 0 aliphatic carbocycles. The molecule has 0 amide bonds. The average molecular weight is 444 g/mol.